The number of carbonyl (C=O) groups excluding carboxylic acids is 1. The lowest BCUT2D eigenvalue weighted by molar-refractivity contribution is 0.0954. The zero-order chi connectivity index (χ0) is 20.3. The van der Waals surface area contributed by atoms with E-state index in [9.17, 15) is 13.2 Å². The number of sulfonamides is 1. The second kappa shape index (κ2) is 7.99. The van der Waals surface area contributed by atoms with E-state index in [-0.39, 0.29) is 22.1 Å². The van der Waals surface area contributed by atoms with Crippen LogP contribution in [0.3, 0.4) is 0 Å². The molecule has 28 heavy (non-hydrogen) atoms. The fourth-order valence-electron chi connectivity index (χ4n) is 2.73. The number of ether oxygens (including phenoxy) is 1. The van der Waals surface area contributed by atoms with E-state index in [1.807, 2.05) is 35.0 Å². The zero-order valence-electron chi connectivity index (χ0n) is 15.9. The zero-order valence-corrected chi connectivity index (χ0v) is 16.7. The molecular formula is C19H22N4O4S. The lowest BCUT2D eigenvalue weighted by Gasteiger charge is -2.15. The highest BCUT2D eigenvalue weighted by Crippen LogP contribution is 2.26. The average molecular weight is 402 g/mol. The highest BCUT2D eigenvalue weighted by atomic mass is 32.2. The number of amides is 1. The van der Waals surface area contributed by atoms with E-state index in [0.717, 1.165) is 15.6 Å². The molecule has 0 atom stereocenters. The van der Waals surface area contributed by atoms with Gasteiger partial charge in [-0.25, -0.2) is 17.7 Å². The van der Waals surface area contributed by atoms with Crippen LogP contribution in [0.1, 0.15) is 16.1 Å². The summed E-state index contributed by atoms with van der Waals surface area (Å²) in [6.45, 7) is 0.379. The molecule has 0 fully saturated rings. The van der Waals surface area contributed by atoms with E-state index < -0.39 is 10.0 Å². The van der Waals surface area contributed by atoms with Gasteiger partial charge in [0.15, 0.2) is 0 Å². The Morgan fingerprint density at radius 1 is 1.25 bits per heavy atom. The molecule has 0 unspecified atom stereocenters. The van der Waals surface area contributed by atoms with E-state index in [0.29, 0.717) is 13.0 Å². The van der Waals surface area contributed by atoms with Crippen LogP contribution in [-0.4, -0.2) is 55.8 Å². The van der Waals surface area contributed by atoms with E-state index in [2.05, 4.69) is 10.3 Å². The van der Waals surface area contributed by atoms with Crippen LogP contribution in [0.4, 0.5) is 0 Å². The first kappa shape index (κ1) is 19.8. The Hall–Kier alpha value is -2.91. The van der Waals surface area contributed by atoms with Gasteiger partial charge in [0.2, 0.25) is 10.0 Å². The molecular weight excluding hydrogens is 380 g/mol. The molecule has 148 valence electrons. The highest BCUT2D eigenvalue weighted by molar-refractivity contribution is 7.89. The molecule has 3 rings (SSSR count). The molecule has 3 aromatic rings. The van der Waals surface area contributed by atoms with Gasteiger partial charge in [-0.3, -0.25) is 4.79 Å². The first-order valence-corrected chi connectivity index (χ1v) is 10.1. The Morgan fingerprint density at radius 2 is 2.04 bits per heavy atom. The van der Waals surface area contributed by atoms with Gasteiger partial charge in [-0.1, -0.05) is 6.07 Å². The highest BCUT2D eigenvalue weighted by Gasteiger charge is 2.23. The number of methoxy groups -OCH3 is 1. The van der Waals surface area contributed by atoms with Crippen molar-refractivity contribution in [1.82, 2.24) is 19.0 Å². The van der Waals surface area contributed by atoms with Gasteiger partial charge in [0.05, 0.1) is 12.8 Å². The average Bonchev–Trinajstić information content (AvgIpc) is 3.10. The van der Waals surface area contributed by atoms with E-state index >= 15 is 0 Å². The van der Waals surface area contributed by atoms with Crippen molar-refractivity contribution >= 4 is 21.6 Å². The number of nitrogens with zero attached hydrogens (tertiary/aromatic N) is 3. The topological polar surface area (TPSA) is 93.0 Å². The molecule has 1 amide bonds. The molecule has 0 radical (unpaired) electrons. The monoisotopic (exact) mass is 402 g/mol. The second-order valence-corrected chi connectivity index (χ2v) is 8.48. The molecule has 0 aliphatic rings. The SMILES string of the molecule is COc1ccc(C(=O)NCCc2cn3ccccc3n2)cc1S(=O)(=O)N(C)C. The molecule has 0 saturated carbocycles. The largest absolute Gasteiger partial charge is 0.495 e. The standard InChI is InChI=1S/C19H22N4O4S/c1-22(2)28(25,26)17-12-14(7-8-16(17)27-3)19(24)20-10-9-15-13-23-11-5-4-6-18(23)21-15/h4-8,11-13H,9-10H2,1-3H3,(H,20,24). The second-order valence-electron chi connectivity index (χ2n) is 6.36. The van der Waals surface area contributed by atoms with Gasteiger partial charge in [-0.15, -0.1) is 0 Å². The summed E-state index contributed by atoms with van der Waals surface area (Å²) in [5, 5.41) is 2.80. The minimum absolute atomic E-state index is 0.0481. The summed E-state index contributed by atoms with van der Waals surface area (Å²) in [7, 11) is 0.503. The van der Waals surface area contributed by atoms with Crippen molar-refractivity contribution in [2.45, 2.75) is 11.3 Å². The molecule has 0 aliphatic heterocycles. The van der Waals surface area contributed by atoms with Crippen LogP contribution in [0, 0.1) is 0 Å². The molecule has 8 nitrogen and oxygen atoms in total. The molecule has 2 heterocycles. The lowest BCUT2D eigenvalue weighted by Crippen LogP contribution is -2.27. The van der Waals surface area contributed by atoms with E-state index in [1.54, 1.807) is 0 Å². The quantitative estimate of drug-likeness (QED) is 0.648. The number of imidazole rings is 1. The molecule has 0 saturated heterocycles. The summed E-state index contributed by atoms with van der Waals surface area (Å²) < 4.78 is 33.1. The third-order valence-electron chi connectivity index (χ3n) is 4.27. The number of carbonyl (C=O) groups is 1. The van der Waals surface area contributed by atoms with Crippen LogP contribution < -0.4 is 10.1 Å². The Labute approximate surface area is 163 Å². The molecule has 0 spiro atoms. The first-order valence-electron chi connectivity index (χ1n) is 8.64. The van der Waals surface area contributed by atoms with Crippen LogP contribution in [-0.2, 0) is 16.4 Å². The number of pyridine rings is 1. The van der Waals surface area contributed by atoms with Crippen LogP contribution in [0.2, 0.25) is 0 Å². The third-order valence-corrected chi connectivity index (χ3v) is 6.10. The first-order chi connectivity index (χ1) is 13.3. The number of fused-ring (bicyclic) bond motifs is 1. The van der Waals surface area contributed by atoms with Crippen molar-refractivity contribution < 1.29 is 17.9 Å². The maximum absolute atomic E-state index is 12.5. The van der Waals surface area contributed by atoms with Gasteiger partial charge in [0.25, 0.3) is 5.91 Å². The summed E-state index contributed by atoms with van der Waals surface area (Å²) in [4.78, 5) is 16.9. The van der Waals surface area contributed by atoms with Crippen LogP contribution in [0.15, 0.2) is 53.7 Å². The van der Waals surface area contributed by atoms with Crippen LogP contribution in [0.25, 0.3) is 5.65 Å². The predicted octanol–water partition coefficient (Wildman–Crippen LogP) is 1.57. The van der Waals surface area contributed by atoms with Gasteiger partial charge < -0.3 is 14.5 Å². The Balaban J connectivity index is 1.71. The van der Waals surface area contributed by atoms with Crippen molar-refractivity contribution in [3.8, 4) is 5.75 Å². The van der Waals surface area contributed by atoms with Gasteiger partial charge in [0, 0.05) is 45.0 Å². The van der Waals surface area contributed by atoms with Crippen LogP contribution >= 0.6 is 0 Å². The normalized spacial score (nSPS) is 11.7. The van der Waals surface area contributed by atoms with E-state index in [4.69, 9.17) is 4.74 Å². The molecule has 0 aliphatic carbocycles. The van der Waals surface area contributed by atoms with Gasteiger partial charge >= 0.3 is 0 Å². The predicted molar refractivity (Wildman–Crippen MR) is 105 cm³/mol. The maximum atomic E-state index is 12.5. The summed E-state index contributed by atoms with van der Waals surface area (Å²) in [5.74, 6) is -0.170. The molecule has 1 aromatic carbocycles. The number of benzene rings is 1. The Kier molecular flexibility index (Phi) is 5.66. The Bertz CT molecular complexity index is 1070. The Morgan fingerprint density at radius 3 is 2.71 bits per heavy atom. The summed E-state index contributed by atoms with van der Waals surface area (Å²) in [6, 6.07) is 10.1. The molecule has 0 bridgehead atoms. The fraction of sp³-hybridized carbons (Fsp3) is 0.263. The van der Waals surface area contributed by atoms with Crippen LogP contribution in [0.5, 0.6) is 5.75 Å². The number of hydrogen-bond donors (Lipinski definition) is 1. The number of nitrogens with one attached hydrogen (secondary N) is 1. The van der Waals surface area contributed by atoms with Gasteiger partial charge in [-0.2, -0.15) is 0 Å². The maximum Gasteiger partial charge on any atom is 0.251 e. The fourth-order valence-corrected chi connectivity index (χ4v) is 3.80. The summed E-state index contributed by atoms with van der Waals surface area (Å²) in [5.41, 5.74) is 1.95. The van der Waals surface area contributed by atoms with Crippen molar-refractivity contribution in [3.63, 3.8) is 0 Å². The smallest absolute Gasteiger partial charge is 0.251 e. The number of rotatable bonds is 7. The van der Waals surface area contributed by atoms with Gasteiger partial charge in [-0.05, 0) is 30.3 Å². The van der Waals surface area contributed by atoms with Crippen molar-refractivity contribution in [3.05, 3.63) is 60.0 Å². The third kappa shape index (κ3) is 4.00. The van der Waals surface area contributed by atoms with Gasteiger partial charge in [0.1, 0.15) is 16.3 Å². The van der Waals surface area contributed by atoms with Crippen molar-refractivity contribution in [2.75, 3.05) is 27.7 Å². The van der Waals surface area contributed by atoms with Crippen molar-refractivity contribution in [1.29, 1.82) is 0 Å². The number of hydrogen-bond acceptors (Lipinski definition) is 5. The minimum Gasteiger partial charge on any atom is -0.495 e. The van der Waals surface area contributed by atoms with Crippen molar-refractivity contribution in [2.24, 2.45) is 0 Å². The molecule has 2 aromatic heterocycles. The molecule has 9 heteroatoms. The lowest BCUT2D eigenvalue weighted by atomic mass is 10.2. The van der Waals surface area contributed by atoms with E-state index in [1.165, 1.54) is 39.4 Å². The minimum atomic E-state index is -3.74. The summed E-state index contributed by atoms with van der Waals surface area (Å²) >= 11 is 0. The molecule has 1 N–H and O–H groups in total. The summed E-state index contributed by atoms with van der Waals surface area (Å²) in [6.07, 6.45) is 4.39. The number of aromatic nitrogens is 2.